The first-order chi connectivity index (χ1) is 6.84. The number of halogens is 2. The van der Waals surface area contributed by atoms with E-state index in [1.807, 2.05) is 18.2 Å². The fraction of sp³-hybridized carbons (Fsp3) is 0.500. The molecule has 1 aromatic carbocycles. The summed E-state index contributed by atoms with van der Waals surface area (Å²) >= 11 is 0. The fourth-order valence-corrected chi connectivity index (χ4v) is 2.01. The van der Waals surface area contributed by atoms with E-state index in [1.165, 1.54) is 5.56 Å². The minimum absolute atomic E-state index is 0. The lowest BCUT2D eigenvalue weighted by atomic mass is 9.97. The Morgan fingerprint density at radius 3 is 2.67 bits per heavy atom. The Labute approximate surface area is 96.5 Å². The smallest absolute Gasteiger partial charge is 0.103 e. The van der Waals surface area contributed by atoms with Gasteiger partial charge < -0.3 is 5.32 Å². The highest BCUT2D eigenvalue weighted by molar-refractivity contribution is 5.85. The van der Waals surface area contributed by atoms with Crippen LogP contribution in [-0.2, 0) is 6.42 Å². The molecule has 84 valence electrons. The molecule has 0 aliphatic carbocycles. The van der Waals surface area contributed by atoms with Crippen molar-refractivity contribution in [3.63, 3.8) is 0 Å². The number of piperidine rings is 1. The normalized spacial score (nSPS) is 25.7. The summed E-state index contributed by atoms with van der Waals surface area (Å²) in [6, 6.07) is 10.6. The van der Waals surface area contributed by atoms with Crippen molar-refractivity contribution in [2.45, 2.75) is 31.5 Å². The van der Waals surface area contributed by atoms with Crippen LogP contribution in [0.25, 0.3) is 0 Å². The van der Waals surface area contributed by atoms with Crippen molar-refractivity contribution in [3.05, 3.63) is 35.9 Å². The van der Waals surface area contributed by atoms with Gasteiger partial charge in [-0.3, -0.25) is 0 Å². The van der Waals surface area contributed by atoms with E-state index in [4.69, 9.17) is 0 Å². The Morgan fingerprint density at radius 1 is 1.27 bits per heavy atom. The Bertz CT molecular complexity index is 278. The molecule has 0 saturated carbocycles. The van der Waals surface area contributed by atoms with Gasteiger partial charge in [0.05, 0.1) is 0 Å². The Kier molecular flexibility index (Phi) is 5.06. The number of hydrogen-bond donors (Lipinski definition) is 1. The van der Waals surface area contributed by atoms with Crippen LogP contribution in [0.15, 0.2) is 30.3 Å². The molecule has 0 amide bonds. The Morgan fingerprint density at radius 2 is 2.00 bits per heavy atom. The van der Waals surface area contributed by atoms with Crippen LogP contribution >= 0.6 is 12.4 Å². The maximum Gasteiger partial charge on any atom is 0.103 e. The third kappa shape index (κ3) is 3.80. The third-order valence-corrected chi connectivity index (χ3v) is 2.76. The fourth-order valence-electron chi connectivity index (χ4n) is 2.01. The SMILES string of the molecule is Cl.FC1CCNC(Cc2ccccc2)C1. The van der Waals surface area contributed by atoms with Gasteiger partial charge in [0.2, 0.25) is 0 Å². The van der Waals surface area contributed by atoms with E-state index in [0.717, 1.165) is 13.0 Å². The molecule has 1 N–H and O–H groups in total. The monoisotopic (exact) mass is 229 g/mol. The summed E-state index contributed by atoms with van der Waals surface area (Å²) in [5.41, 5.74) is 1.29. The minimum Gasteiger partial charge on any atom is -0.313 e. The zero-order valence-electron chi connectivity index (χ0n) is 8.66. The van der Waals surface area contributed by atoms with Gasteiger partial charge in [-0.1, -0.05) is 30.3 Å². The molecule has 0 spiro atoms. The van der Waals surface area contributed by atoms with Crippen molar-refractivity contribution < 1.29 is 4.39 Å². The van der Waals surface area contributed by atoms with Crippen molar-refractivity contribution in [1.29, 1.82) is 0 Å². The zero-order valence-corrected chi connectivity index (χ0v) is 9.47. The number of benzene rings is 1. The van der Waals surface area contributed by atoms with E-state index in [1.54, 1.807) is 0 Å². The molecule has 1 fully saturated rings. The van der Waals surface area contributed by atoms with Crippen molar-refractivity contribution in [2.75, 3.05) is 6.54 Å². The van der Waals surface area contributed by atoms with E-state index in [9.17, 15) is 4.39 Å². The quantitative estimate of drug-likeness (QED) is 0.823. The van der Waals surface area contributed by atoms with Crippen LogP contribution in [0, 0.1) is 0 Å². The molecule has 2 rings (SSSR count). The van der Waals surface area contributed by atoms with Crippen LogP contribution in [0.1, 0.15) is 18.4 Å². The van der Waals surface area contributed by atoms with Crippen molar-refractivity contribution in [3.8, 4) is 0 Å². The average molecular weight is 230 g/mol. The largest absolute Gasteiger partial charge is 0.313 e. The second-order valence-corrected chi connectivity index (χ2v) is 3.96. The summed E-state index contributed by atoms with van der Waals surface area (Å²) in [4.78, 5) is 0. The van der Waals surface area contributed by atoms with Crippen LogP contribution in [-0.4, -0.2) is 18.8 Å². The van der Waals surface area contributed by atoms with Gasteiger partial charge in [-0.05, 0) is 31.4 Å². The number of alkyl halides is 1. The van der Waals surface area contributed by atoms with E-state index in [-0.39, 0.29) is 12.4 Å². The highest BCUT2D eigenvalue weighted by Gasteiger charge is 2.20. The molecule has 2 unspecified atom stereocenters. The molecular weight excluding hydrogens is 213 g/mol. The second-order valence-electron chi connectivity index (χ2n) is 3.96. The Hall–Kier alpha value is -0.600. The highest BCUT2D eigenvalue weighted by Crippen LogP contribution is 2.15. The number of hydrogen-bond acceptors (Lipinski definition) is 1. The molecule has 1 aliphatic rings. The van der Waals surface area contributed by atoms with E-state index in [2.05, 4.69) is 17.4 Å². The summed E-state index contributed by atoms with van der Waals surface area (Å²) in [5, 5.41) is 3.36. The van der Waals surface area contributed by atoms with Gasteiger partial charge in [0.1, 0.15) is 6.17 Å². The Balaban J connectivity index is 0.00000112. The van der Waals surface area contributed by atoms with Gasteiger partial charge >= 0.3 is 0 Å². The molecular formula is C12H17ClFN. The summed E-state index contributed by atoms with van der Waals surface area (Å²) in [5.74, 6) is 0. The summed E-state index contributed by atoms with van der Waals surface area (Å²) in [7, 11) is 0. The van der Waals surface area contributed by atoms with E-state index in [0.29, 0.717) is 18.9 Å². The minimum atomic E-state index is -0.607. The predicted molar refractivity (Wildman–Crippen MR) is 63.3 cm³/mol. The summed E-state index contributed by atoms with van der Waals surface area (Å²) < 4.78 is 13.1. The molecule has 1 nitrogen and oxygen atoms in total. The van der Waals surface area contributed by atoms with Gasteiger partial charge in [0.15, 0.2) is 0 Å². The lowest BCUT2D eigenvalue weighted by Gasteiger charge is -2.26. The maximum atomic E-state index is 13.1. The second kappa shape index (κ2) is 6.09. The molecule has 0 aromatic heterocycles. The van der Waals surface area contributed by atoms with Gasteiger partial charge in [-0.15, -0.1) is 12.4 Å². The molecule has 0 bridgehead atoms. The van der Waals surface area contributed by atoms with Crippen molar-refractivity contribution in [2.24, 2.45) is 0 Å². The van der Waals surface area contributed by atoms with E-state index >= 15 is 0 Å². The standard InChI is InChI=1S/C12H16FN.ClH/c13-11-6-7-14-12(9-11)8-10-4-2-1-3-5-10;/h1-5,11-12,14H,6-9H2;1H. The first-order valence-electron chi connectivity index (χ1n) is 5.26. The van der Waals surface area contributed by atoms with Crippen molar-refractivity contribution in [1.82, 2.24) is 5.32 Å². The lowest BCUT2D eigenvalue weighted by Crippen LogP contribution is -2.40. The molecule has 15 heavy (non-hydrogen) atoms. The van der Waals surface area contributed by atoms with Crippen molar-refractivity contribution >= 4 is 12.4 Å². The van der Waals surface area contributed by atoms with Crippen LogP contribution < -0.4 is 5.32 Å². The molecule has 1 aliphatic heterocycles. The highest BCUT2D eigenvalue weighted by atomic mass is 35.5. The third-order valence-electron chi connectivity index (χ3n) is 2.76. The number of rotatable bonds is 2. The summed E-state index contributed by atoms with van der Waals surface area (Å²) in [6.07, 6.45) is 1.67. The zero-order chi connectivity index (χ0) is 9.80. The van der Waals surface area contributed by atoms with Crippen LogP contribution in [0.5, 0.6) is 0 Å². The van der Waals surface area contributed by atoms with Gasteiger partial charge in [0.25, 0.3) is 0 Å². The first kappa shape index (κ1) is 12.5. The molecule has 3 heteroatoms. The topological polar surface area (TPSA) is 12.0 Å². The van der Waals surface area contributed by atoms with E-state index < -0.39 is 6.17 Å². The predicted octanol–water partition coefficient (Wildman–Crippen LogP) is 2.74. The molecule has 1 heterocycles. The first-order valence-corrected chi connectivity index (χ1v) is 5.26. The van der Waals surface area contributed by atoms with Gasteiger partial charge in [-0.25, -0.2) is 4.39 Å². The maximum absolute atomic E-state index is 13.1. The lowest BCUT2D eigenvalue weighted by molar-refractivity contribution is 0.222. The van der Waals surface area contributed by atoms with Gasteiger partial charge in [-0.2, -0.15) is 0 Å². The molecule has 0 radical (unpaired) electrons. The molecule has 2 atom stereocenters. The van der Waals surface area contributed by atoms with Gasteiger partial charge in [0, 0.05) is 6.04 Å². The molecule has 1 saturated heterocycles. The number of nitrogens with one attached hydrogen (secondary N) is 1. The summed E-state index contributed by atoms with van der Waals surface area (Å²) in [6.45, 7) is 0.818. The van der Waals surface area contributed by atoms with Crippen LogP contribution in [0.3, 0.4) is 0 Å². The average Bonchev–Trinajstić information content (AvgIpc) is 2.19. The van der Waals surface area contributed by atoms with Crippen LogP contribution in [0.2, 0.25) is 0 Å². The van der Waals surface area contributed by atoms with Crippen LogP contribution in [0.4, 0.5) is 4.39 Å². The molecule has 1 aromatic rings.